The van der Waals surface area contributed by atoms with Crippen molar-refractivity contribution in [3.8, 4) is 11.4 Å². The molecule has 0 radical (unpaired) electrons. The van der Waals surface area contributed by atoms with Gasteiger partial charge in [0, 0.05) is 4.88 Å². The highest BCUT2D eigenvalue weighted by Crippen LogP contribution is 2.27. The standard InChI is InChI=1S/C23H20FN5O2S2/c24-19-11-5-4-10-18(19)21-27-28-23(29(21)14-16-7-2-1-3-8-16)33-15-20(30)26-22(31)25-13-17-9-6-12-32-17/h1-12H,13-15H2,(H2,25,26,30,31). The van der Waals surface area contributed by atoms with Crippen molar-refractivity contribution in [2.24, 2.45) is 0 Å². The smallest absolute Gasteiger partial charge is 0.321 e. The van der Waals surface area contributed by atoms with Crippen LogP contribution in [0.4, 0.5) is 9.18 Å². The number of urea groups is 1. The summed E-state index contributed by atoms with van der Waals surface area (Å²) >= 11 is 2.65. The predicted molar refractivity (Wildman–Crippen MR) is 126 cm³/mol. The average Bonchev–Trinajstić information content (AvgIpc) is 3.48. The minimum Gasteiger partial charge on any atom is -0.333 e. The first kappa shape index (κ1) is 22.7. The van der Waals surface area contributed by atoms with Crippen LogP contribution in [-0.2, 0) is 17.9 Å². The second kappa shape index (κ2) is 10.9. The monoisotopic (exact) mass is 481 g/mol. The maximum Gasteiger partial charge on any atom is 0.321 e. The lowest BCUT2D eigenvalue weighted by Crippen LogP contribution is -2.39. The van der Waals surface area contributed by atoms with Crippen LogP contribution in [0.15, 0.2) is 77.3 Å². The van der Waals surface area contributed by atoms with Gasteiger partial charge in [0.2, 0.25) is 5.91 Å². The van der Waals surface area contributed by atoms with Crippen LogP contribution in [0.1, 0.15) is 10.4 Å². The van der Waals surface area contributed by atoms with E-state index in [1.807, 2.05) is 47.8 Å². The van der Waals surface area contributed by atoms with Gasteiger partial charge in [-0.2, -0.15) is 0 Å². The molecule has 0 bridgehead atoms. The molecule has 3 amide bonds. The van der Waals surface area contributed by atoms with E-state index in [1.54, 1.807) is 22.8 Å². The zero-order valence-corrected chi connectivity index (χ0v) is 19.0. The zero-order valence-electron chi connectivity index (χ0n) is 17.4. The van der Waals surface area contributed by atoms with E-state index in [4.69, 9.17) is 0 Å². The molecule has 4 aromatic rings. The fraction of sp³-hybridized carbons (Fsp3) is 0.130. The van der Waals surface area contributed by atoms with Crippen molar-refractivity contribution in [3.63, 3.8) is 0 Å². The predicted octanol–water partition coefficient (Wildman–Crippen LogP) is 4.31. The van der Waals surface area contributed by atoms with Crippen molar-refractivity contribution in [2.75, 3.05) is 5.75 Å². The van der Waals surface area contributed by atoms with E-state index in [-0.39, 0.29) is 5.75 Å². The van der Waals surface area contributed by atoms with E-state index in [1.165, 1.54) is 17.4 Å². The largest absolute Gasteiger partial charge is 0.333 e. The summed E-state index contributed by atoms with van der Waals surface area (Å²) in [4.78, 5) is 25.2. The molecule has 0 spiro atoms. The zero-order chi connectivity index (χ0) is 23.0. The molecule has 0 aliphatic carbocycles. The molecule has 168 valence electrons. The fourth-order valence-electron chi connectivity index (χ4n) is 3.06. The third-order valence-electron chi connectivity index (χ3n) is 4.60. The Kier molecular flexibility index (Phi) is 7.48. The van der Waals surface area contributed by atoms with Gasteiger partial charge >= 0.3 is 6.03 Å². The molecule has 0 aliphatic heterocycles. The Hall–Kier alpha value is -3.50. The third kappa shape index (κ3) is 6.05. The highest BCUT2D eigenvalue weighted by Gasteiger charge is 2.19. The summed E-state index contributed by atoms with van der Waals surface area (Å²) in [6.45, 7) is 0.754. The SMILES string of the molecule is O=C(CSc1nnc(-c2ccccc2F)n1Cc1ccccc1)NC(=O)NCc1cccs1. The van der Waals surface area contributed by atoms with Crippen LogP contribution >= 0.6 is 23.1 Å². The molecule has 2 aromatic carbocycles. The lowest BCUT2D eigenvalue weighted by atomic mass is 10.2. The van der Waals surface area contributed by atoms with Crippen LogP contribution < -0.4 is 10.6 Å². The first-order valence-corrected chi connectivity index (χ1v) is 11.9. The second-order valence-corrected chi connectivity index (χ2v) is 8.93. The van der Waals surface area contributed by atoms with Crippen molar-refractivity contribution < 1.29 is 14.0 Å². The van der Waals surface area contributed by atoms with Gasteiger partial charge in [0.25, 0.3) is 0 Å². The van der Waals surface area contributed by atoms with E-state index >= 15 is 0 Å². The quantitative estimate of drug-likeness (QED) is 0.366. The van der Waals surface area contributed by atoms with E-state index in [0.717, 1.165) is 22.2 Å². The molecule has 33 heavy (non-hydrogen) atoms. The maximum absolute atomic E-state index is 14.4. The first-order valence-electron chi connectivity index (χ1n) is 10.0. The molecule has 2 aromatic heterocycles. The molecular weight excluding hydrogens is 461 g/mol. The Morgan fingerprint density at radius 2 is 1.79 bits per heavy atom. The summed E-state index contributed by atoms with van der Waals surface area (Å²) in [5.41, 5.74) is 1.30. The number of nitrogens with zero attached hydrogens (tertiary/aromatic N) is 3. The number of aromatic nitrogens is 3. The number of hydrogen-bond donors (Lipinski definition) is 2. The molecule has 4 rings (SSSR count). The number of imide groups is 1. The molecular formula is C23H20FN5O2S2. The minimum absolute atomic E-state index is 0.0450. The van der Waals surface area contributed by atoms with Gasteiger partial charge in [0.05, 0.1) is 24.4 Å². The summed E-state index contributed by atoms with van der Waals surface area (Å²) in [7, 11) is 0. The topological polar surface area (TPSA) is 88.9 Å². The van der Waals surface area contributed by atoms with Gasteiger partial charge in [-0.05, 0) is 29.1 Å². The Labute approximate surface area is 198 Å². The summed E-state index contributed by atoms with van der Waals surface area (Å²) in [6.07, 6.45) is 0. The second-order valence-electron chi connectivity index (χ2n) is 6.96. The lowest BCUT2D eigenvalue weighted by Gasteiger charge is -2.11. The molecule has 2 N–H and O–H groups in total. The Morgan fingerprint density at radius 1 is 1.00 bits per heavy atom. The molecule has 10 heteroatoms. The van der Waals surface area contributed by atoms with Crippen LogP contribution in [0.5, 0.6) is 0 Å². The van der Waals surface area contributed by atoms with E-state index in [2.05, 4.69) is 20.8 Å². The molecule has 2 heterocycles. The van der Waals surface area contributed by atoms with Crippen LogP contribution in [0.2, 0.25) is 0 Å². The van der Waals surface area contributed by atoms with Crippen molar-refractivity contribution in [1.82, 2.24) is 25.4 Å². The summed E-state index contributed by atoms with van der Waals surface area (Å²) < 4.78 is 16.2. The number of carbonyl (C=O) groups excluding carboxylic acids is 2. The normalized spacial score (nSPS) is 10.7. The van der Waals surface area contributed by atoms with Gasteiger partial charge in [-0.1, -0.05) is 60.3 Å². The van der Waals surface area contributed by atoms with Crippen LogP contribution in [0.25, 0.3) is 11.4 Å². The number of thioether (sulfide) groups is 1. The van der Waals surface area contributed by atoms with Crippen molar-refractivity contribution >= 4 is 35.0 Å². The number of benzene rings is 2. The van der Waals surface area contributed by atoms with Gasteiger partial charge < -0.3 is 5.32 Å². The molecule has 0 fully saturated rings. The summed E-state index contributed by atoms with van der Waals surface area (Å²) in [5, 5.41) is 15.7. The van der Waals surface area contributed by atoms with E-state index in [0.29, 0.717) is 29.6 Å². The maximum atomic E-state index is 14.4. The Bertz CT molecular complexity index is 1230. The Morgan fingerprint density at radius 3 is 2.55 bits per heavy atom. The Balaban J connectivity index is 1.45. The number of carbonyl (C=O) groups is 2. The molecule has 7 nitrogen and oxygen atoms in total. The molecule has 0 saturated carbocycles. The number of amides is 3. The van der Waals surface area contributed by atoms with Gasteiger partial charge in [0.1, 0.15) is 5.82 Å². The van der Waals surface area contributed by atoms with Gasteiger partial charge in [-0.15, -0.1) is 21.5 Å². The molecule has 0 unspecified atom stereocenters. The summed E-state index contributed by atoms with van der Waals surface area (Å²) in [6, 6.07) is 19.2. The fourth-order valence-corrected chi connectivity index (χ4v) is 4.45. The van der Waals surface area contributed by atoms with Gasteiger partial charge in [-0.25, -0.2) is 9.18 Å². The van der Waals surface area contributed by atoms with Crippen LogP contribution in [0, 0.1) is 5.82 Å². The average molecular weight is 482 g/mol. The van der Waals surface area contributed by atoms with Crippen molar-refractivity contribution in [2.45, 2.75) is 18.2 Å². The number of halogens is 1. The first-order chi connectivity index (χ1) is 16.1. The van der Waals surface area contributed by atoms with Crippen LogP contribution in [-0.4, -0.2) is 32.5 Å². The van der Waals surface area contributed by atoms with Gasteiger partial charge in [-0.3, -0.25) is 14.7 Å². The number of hydrogen-bond acceptors (Lipinski definition) is 6. The molecule has 0 aliphatic rings. The highest BCUT2D eigenvalue weighted by atomic mass is 32.2. The number of thiophene rings is 1. The number of nitrogens with one attached hydrogen (secondary N) is 2. The van der Waals surface area contributed by atoms with E-state index in [9.17, 15) is 14.0 Å². The molecule has 0 saturated heterocycles. The third-order valence-corrected chi connectivity index (χ3v) is 6.45. The summed E-state index contributed by atoms with van der Waals surface area (Å²) in [5.74, 6) is -0.550. The van der Waals surface area contributed by atoms with Crippen LogP contribution in [0.3, 0.4) is 0 Å². The highest BCUT2D eigenvalue weighted by molar-refractivity contribution is 7.99. The van der Waals surface area contributed by atoms with Crippen molar-refractivity contribution in [1.29, 1.82) is 0 Å². The van der Waals surface area contributed by atoms with Crippen molar-refractivity contribution in [3.05, 3.63) is 88.4 Å². The van der Waals surface area contributed by atoms with Gasteiger partial charge in [0.15, 0.2) is 11.0 Å². The van der Waals surface area contributed by atoms with E-state index < -0.39 is 17.8 Å². The minimum atomic E-state index is -0.563. The number of rotatable bonds is 8. The lowest BCUT2D eigenvalue weighted by molar-refractivity contribution is -0.117. The molecule has 0 atom stereocenters.